The van der Waals surface area contributed by atoms with Crippen molar-refractivity contribution >= 4 is 0 Å². The molecule has 2 rings (SSSR count). The third kappa shape index (κ3) is 2.44. The predicted octanol–water partition coefficient (Wildman–Crippen LogP) is 1.68. The van der Waals surface area contributed by atoms with Gasteiger partial charge in [-0.05, 0) is 33.6 Å². The van der Waals surface area contributed by atoms with Crippen molar-refractivity contribution in [2.75, 3.05) is 6.61 Å². The summed E-state index contributed by atoms with van der Waals surface area (Å²) in [6.07, 6.45) is 2.77. The maximum atomic E-state index is 5.53. The average Bonchev–Trinajstić information content (AvgIpc) is 2.51. The van der Waals surface area contributed by atoms with Crippen molar-refractivity contribution in [1.29, 1.82) is 0 Å². The van der Waals surface area contributed by atoms with E-state index in [4.69, 9.17) is 4.74 Å². The Morgan fingerprint density at radius 3 is 2.75 bits per heavy atom. The molecule has 0 spiro atoms. The molecule has 1 aromatic heterocycles. The monoisotopic (exact) mass is 223 g/mol. The smallest absolute Gasteiger partial charge is 0.0638 e. The van der Waals surface area contributed by atoms with Gasteiger partial charge in [-0.15, -0.1) is 0 Å². The Balaban J connectivity index is 1.73. The van der Waals surface area contributed by atoms with Crippen LogP contribution in [0.2, 0.25) is 0 Å². The molecule has 4 nitrogen and oxygen atoms in total. The molecular weight excluding hydrogens is 202 g/mol. The summed E-state index contributed by atoms with van der Waals surface area (Å²) in [6.45, 7) is 7.92. The van der Waals surface area contributed by atoms with Crippen LogP contribution in [0.1, 0.15) is 36.7 Å². The van der Waals surface area contributed by atoms with Crippen LogP contribution in [0.25, 0.3) is 0 Å². The topological polar surface area (TPSA) is 49.9 Å². The lowest BCUT2D eigenvalue weighted by molar-refractivity contribution is -0.0102. The van der Waals surface area contributed by atoms with E-state index >= 15 is 0 Å². The summed E-state index contributed by atoms with van der Waals surface area (Å²) in [5.74, 6) is 0. The van der Waals surface area contributed by atoms with Gasteiger partial charge in [0.2, 0.25) is 0 Å². The van der Waals surface area contributed by atoms with Crippen LogP contribution in [0.4, 0.5) is 0 Å². The number of aromatic nitrogens is 2. The normalized spacial score (nSPS) is 24.4. The molecule has 0 aromatic carbocycles. The lowest BCUT2D eigenvalue weighted by Gasteiger charge is -2.35. The van der Waals surface area contributed by atoms with Gasteiger partial charge < -0.3 is 10.1 Å². The largest absolute Gasteiger partial charge is 0.378 e. The highest BCUT2D eigenvalue weighted by atomic mass is 16.5. The van der Waals surface area contributed by atoms with Gasteiger partial charge in [0.05, 0.1) is 11.8 Å². The first-order valence-electron chi connectivity index (χ1n) is 6.06. The number of H-pyrrole nitrogens is 1. The molecular formula is C12H21N3O. The van der Waals surface area contributed by atoms with E-state index in [9.17, 15) is 0 Å². The molecule has 0 unspecified atom stereocenters. The first-order chi connectivity index (χ1) is 7.70. The average molecular weight is 223 g/mol. The number of nitrogens with one attached hydrogen (secondary N) is 2. The zero-order valence-electron chi connectivity index (χ0n) is 10.3. The number of ether oxygens (including phenoxy) is 1. The van der Waals surface area contributed by atoms with E-state index in [1.165, 1.54) is 11.3 Å². The number of hydrogen-bond acceptors (Lipinski definition) is 3. The molecule has 0 atom stereocenters. The third-order valence-corrected chi connectivity index (χ3v) is 3.35. The molecule has 1 heterocycles. The SMILES string of the molecule is CCOC1CC(NCc2c(C)n[nH]c2C)C1. The van der Waals surface area contributed by atoms with Gasteiger partial charge >= 0.3 is 0 Å². The molecule has 1 saturated carbocycles. The van der Waals surface area contributed by atoms with E-state index in [0.29, 0.717) is 12.1 Å². The van der Waals surface area contributed by atoms with Gasteiger partial charge in [-0.2, -0.15) is 5.10 Å². The number of rotatable bonds is 5. The number of nitrogens with zero attached hydrogens (tertiary/aromatic N) is 1. The predicted molar refractivity (Wildman–Crippen MR) is 63.3 cm³/mol. The van der Waals surface area contributed by atoms with E-state index in [2.05, 4.69) is 29.4 Å². The van der Waals surface area contributed by atoms with Gasteiger partial charge in [0.15, 0.2) is 0 Å². The molecule has 1 aliphatic carbocycles. The third-order valence-electron chi connectivity index (χ3n) is 3.35. The zero-order valence-corrected chi connectivity index (χ0v) is 10.3. The summed E-state index contributed by atoms with van der Waals surface area (Å²) < 4.78 is 5.53. The van der Waals surface area contributed by atoms with Crippen molar-refractivity contribution in [1.82, 2.24) is 15.5 Å². The van der Waals surface area contributed by atoms with Crippen LogP contribution in [0, 0.1) is 13.8 Å². The van der Waals surface area contributed by atoms with Gasteiger partial charge in [-0.25, -0.2) is 0 Å². The second-order valence-corrected chi connectivity index (χ2v) is 4.54. The Kier molecular flexibility index (Phi) is 3.61. The first kappa shape index (κ1) is 11.6. The highest BCUT2D eigenvalue weighted by molar-refractivity contribution is 5.22. The number of aromatic amines is 1. The van der Waals surface area contributed by atoms with Crippen LogP contribution < -0.4 is 5.32 Å². The summed E-state index contributed by atoms with van der Waals surface area (Å²) in [4.78, 5) is 0. The van der Waals surface area contributed by atoms with E-state index in [1.54, 1.807) is 0 Å². The zero-order chi connectivity index (χ0) is 11.5. The van der Waals surface area contributed by atoms with Crippen LogP contribution in [0.3, 0.4) is 0 Å². The summed E-state index contributed by atoms with van der Waals surface area (Å²) in [6, 6.07) is 0.616. The molecule has 1 aliphatic rings. The van der Waals surface area contributed by atoms with Crippen molar-refractivity contribution in [3.63, 3.8) is 0 Å². The lowest BCUT2D eigenvalue weighted by atomic mass is 9.89. The molecule has 0 amide bonds. The minimum Gasteiger partial charge on any atom is -0.378 e. The molecule has 0 aliphatic heterocycles. The van der Waals surface area contributed by atoms with E-state index in [1.807, 2.05) is 6.92 Å². The maximum absolute atomic E-state index is 5.53. The number of aryl methyl sites for hydroxylation is 2. The quantitative estimate of drug-likeness (QED) is 0.798. The lowest BCUT2D eigenvalue weighted by Crippen LogP contribution is -2.45. The van der Waals surface area contributed by atoms with E-state index < -0.39 is 0 Å². The minimum absolute atomic E-state index is 0.481. The van der Waals surface area contributed by atoms with Crippen molar-refractivity contribution in [3.8, 4) is 0 Å². The minimum atomic E-state index is 0.481. The first-order valence-corrected chi connectivity index (χ1v) is 6.06. The van der Waals surface area contributed by atoms with Gasteiger partial charge in [-0.3, -0.25) is 5.10 Å². The van der Waals surface area contributed by atoms with Gasteiger partial charge in [-0.1, -0.05) is 0 Å². The van der Waals surface area contributed by atoms with Crippen LogP contribution in [0.15, 0.2) is 0 Å². The molecule has 16 heavy (non-hydrogen) atoms. The van der Waals surface area contributed by atoms with Gasteiger partial charge in [0.1, 0.15) is 0 Å². The van der Waals surface area contributed by atoms with Crippen LogP contribution in [-0.4, -0.2) is 29.0 Å². The summed E-state index contributed by atoms with van der Waals surface area (Å²) in [5.41, 5.74) is 3.58. The Hall–Kier alpha value is -0.870. The van der Waals surface area contributed by atoms with Crippen molar-refractivity contribution < 1.29 is 4.74 Å². The summed E-state index contributed by atoms with van der Waals surface area (Å²) >= 11 is 0. The highest BCUT2D eigenvalue weighted by Crippen LogP contribution is 2.23. The molecule has 2 N–H and O–H groups in total. The second kappa shape index (κ2) is 4.97. The molecule has 1 aromatic rings. The van der Waals surface area contributed by atoms with E-state index in [0.717, 1.165) is 31.7 Å². The van der Waals surface area contributed by atoms with Crippen molar-refractivity contribution in [3.05, 3.63) is 17.0 Å². The van der Waals surface area contributed by atoms with Crippen molar-refractivity contribution in [2.45, 2.75) is 52.3 Å². The second-order valence-electron chi connectivity index (χ2n) is 4.54. The summed E-state index contributed by atoms with van der Waals surface area (Å²) in [5, 5.41) is 10.8. The van der Waals surface area contributed by atoms with Crippen LogP contribution in [0.5, 0.6) is 0 Å². The summed E-state index contributed by atoms with van der Waals surface area (Å²) in [7, 11) is 0. The van der Waals surface area contributed by atoms with Crippen LogP contribution in [-0.2, 0) is 11.3 Å². The molecule has 0 radical (unpaired) electrons. The standard InChI is InChI=1S/C12H21N3O/c1-4-16-11-5-10(6-11)13-7-12-8(2)14-15-9(12)3/h10-11,13H,4-7H2,1-3H3,(H,14,15). The highest BCUT2D eigenvalue weighted by Gasteiger charge is 2.29. The molecule has 1 fully saturated rings. The molecule has 4 heteroatoms. The Labute approximate surface area is 96.8 Å². The Bertz CT molecular complexity index is 323. The molecule has 0 bridgehead atoms. The van der Waals surface area contributed by atoms with Crippen molar-refractivity contribution in [2.24, 2.45) is 0 Å². The Morgan fingerprint density at radius 1 is 1.44 bits per heavy atom. The number of hydrogen-bond donors (Lipinski definition) is 2. The van der Waals surface area contributed by atoms with Gasteiger partial charge in [0, 0.05) is 30.5 Å². The fraction of sp³-hybridized carbons (Fsp3) is 0.750. The van der Waals surface area contributed by atoms with E-state index in [-0.39, 0.29) is 0 Å². The van der Waals surface area contributed by atoms with Gasteiger partial charge in [0.25, 0.3) is 0 Å². The molecule has 0 saturated heterocycles. The Morgan fingerprint density at radius 2 is 2.19 bits per heavy atom. The molecule has 90 valence electrons. The van der Waals surface area contributed by atoms with Crippen LogP contribution >= 0.6 is 0 Å². The maximum Gasteiger partial charge on any atom is 0.0638 e. The fourth-order valence-corrected chi connectivity index (χ4v) is 2.19. The fourth-order valence-electron chi connectivity index (χ4n) is 2.19.